The van der Waals surface area contributed by atoms with Gasteiger partial charge in [0, 0.05) is 35.8 Å². The lowest BCUT2D eigenvalue weighted by molar-refractivity contribution is -0.122. The van der Waals surface area contributed by atoms with Crippen molar-refractivity contribution in [1.82, 2.24) is 15.3 Å². The molecule has 0 aliphatic rings. The quantitative estimate of drug-likeness (QED) is 0.884. The van der Waals surface area contributed by atoms with Crippen molar-refractivity contribution in [3.05, 3.63) is 34.9 Å². The summed E-state index contributed by atoms with van der Waals surface area (Å²) >= 11 is 1.54. The molecular formula is C14H18N4OS. The molecule has 2 atom stereocenters. The number of nitrogens with zero attached hydrogens (tertiary/aromatic N) is 2. The maximum atomic E-state index is 11.7. The first kappa shape index (κ1) is 14.6. The summed E-state index contributed by atoms with van der Waals surface area (Å²) in [6.07, 6.45) is 3.80. The summed E-state index contributed by atoms with van der Waals surface area (Å²) in [6, 6.07) is 3.59. The van der Waals surface area contributed by atoms with Gasteiger partial charge in [0.1, 0.15) is 5.01 Å². The molecule has 0 aromatic carbocycles. The maximum absolute atomic E-state index is 11.7. The monoisotopic (exact) mass is 290 g/mol. The normalized spacial score (nSPS) is 13.8. The van der Waals surface area contributed by atoms with Gasteiger partial charge in [0.25, 0.3) is 0 Å². The van der Waals surface area contributed by atoms with Crippen LogP contribution in [-0.4, -0.2) is 21.9 Å². The molecule has 0 radical (unpaired) electrons. The van der Waals surface area contributed by atoms with Crippen LogP contribution in [0.1, 0.15) is 31.3 Å². The van der Waals surface area contributed by atoms with Crippen molar-refractivity contribution in [1.29, 1.82) is 0 Å². The number of carbonyl (C=O) groups is 1. The number of nitrogens with two attached hydrogens (primary N) is 1. The Bertz CT molecular complexity index is 568. The van der Waals surface area contributed by atoms with Gasteiger partial charge in [-0.15, -0.1) is 11.3 Å². The Morgan fingerprint density at radius 1 is 1.40 bits per heavy atom. The van der Waals surface area contributed by atoms with Crippen LogP contribution in [-0.2, 0) is 4.79 Å². The molecule has 1 amide bonds. The van der Waals surface area contributed by atoms with Crippen LogP contribution >= 0.6 is 11.3 Å². The fourth-order valence-corrected chi connectivity index (χ4v) is 2.63. The third-order valence-electron chi connectivity index (χ3n) is 2.75. The highest BCUT2D eigenvalue weighted by atomic mass is 32.1. The number of thiazole rings is 1. The van der Waals surface area contributed by atoms with Crippen LogP contribution in [0.2, 0.25) is 0 Å². The first-order valence-corrected chi connectivity index (χ1v) is 7.35. The van der Waals surface area contributed by atoms with Crippen LogP contribution < -0.4 is 11.1 Å². The van der Waals surface area contributed by atoms with Gasteiger partial charge in [-0.1, -0.05) is 0 Å². The molecule has 2 heterocycles. The molecule has 2 aromatic heterocycles. The fourth-order valence-electron chi connectivity index (χ4n) is 1.80. The molecule has 20 heavy (non-hydrogen) atoms. The molecular weight excluding hydrogens is 272 g/mol. The Balaban J connectivity index is 2.03. The topological polar surface area (TPSA) is 80.9 Å². The highest BCUT2D eigenvalue weighted by Gasteiger charge is 2.14. The summed E-state index contributed by atoms with van der Waals surface area (Å²) in [4.78, 5) is 20.2. The smallest absolute Gasteiger partial charge is 0.222 e. The predicted octanol–water partition coefficient (Wildman–Crippen LogP) is 2.12. The van der Waals surface area contributed by atoms with Crippen molar-refractivity contribution >= 4 is 17.2 Å². The molecule has 2 aromatic rings. The summed E-state index contributed by atoms with van der Waals surface area (Å²) in [5.74, 6) is -0.0480. The molecule has 3 N–H and O–H groups in total. The SMILES string of the molecule is CC(N)CC(=O)NC(C)c1nc(-c2ccncc2)cs1. The van der Waals surface area contributed by atoms with E-state index in [1.165, 1.54) is 11.3 Å². The molecule has 0 aliphatic heterocycles. The number of amides is 1. The Morgan fingerprint density at radius 3 is 2.75 bits per heavy atom. The van der Waals surface area contributed by atoms with Crippen LogP contribution in [0.15, 0.2) is 29.9 Å². The van der Waals surface area contributed by atoms with E-state index in [1.807, 2.05) is 31.4 Å². The molecule has 106 valence electrons. The lowest BCUT2D eigenvalue weighted by Gasteiger charge is -2.12. The molecule has 2 rings (SSSR count). The second-order valence-corrected chi connectivity index (χ2v) is 5.67. The minimum absolute atomic E-state index is 0.0480. The first-order chi connectivity index (χ1) is 9.56. The van der Waals surface area contributed by atoms with Crippen molar-refractivity contribution in [3.8, 4) is 11.3 Å². The van der Waals surface area contributed by atoms with Gasteiger partial charge in [0.05, 0.1) is 11.7 Å². The number of hydrogen-bond donors (Lipinski definition) is 2. The van der Waals surface area contributed by atoms with Crippen LogP contribution in [0, 0.1) is 0 Å². The standard InChI is InChI=1S/C14H18N4OS/c1-9(15)7-13(19)17-10(2)14-18-12(8-20-14)11-3-5-16-6-4-11/h3-6,8-10H,7,15H2,1-2H3,(H,17,19). The average Bonchev–Trinajstić information content (AvgIpc) is 2.88. The number of nitrogens with one attached hydrogen (secondary N) is 1. The van der Waals surface area contributed by atoms with Crippen molar-refractivity contribution in [3.63, 3.8) is 0 Å². The van der Waals surface area contributed by atoms with Crippen molar-refractivity contribution in [2.45, 2.75) is 32.4 Å². The minimum Gasteiger partial charge on any atom is -0.347 e. The highest BCUT2D eigenvalue weighted by Crippen LogP contribution is 2.24. The minimum atomic E-state index is -0.133. The van der Waals surface area contributed by atoms with Crippen molar-refractivity contribution in [2.24, 2.45) is 5.73 Å². The molecule has 6 heteroatoms. The molecule has 5 nitrogen and oxygen atoms in total. The number of pyridine rings is 1. The number of carbonyl (C=O) groups excluding carboxylic acids is 1. The fraction of sp³-hybridized carbons (Fsp3) is 0.357. The average molecular weight is 290 g/mol. The van der Waals surface area contributed by atoms with Gasteiger partial charge in [-0.25, -0.2) is 4.98 Å². The third-order valence-corrected chi connectivity index (χ3v) is 3.78. The van der Waals surface area contributed by atoms with E-state index in [0.29, 0.717) is 6.42 Å². The Hall–Kier alpha value is -1.79. The van der Waals surface area contributed by atoms with Gasteiger partial charge < -0.3 is 11.1 Å². The molecule has 2 unspecified atom stereocenters. The van der Waals surface area contributed by atoms with E-state index in [4.69, 9.17) is 5.73 Å². The van der Waals surface area contributed by atoms with Gasteiger partial charge in [-0.05, 0) is 26.0 Å². The Kier molecular flexibility index (Phi) is 4.81. The van der Waals surface area contributed by atoms with E-state index >= 15 is 0 Å². The lowest BCUT2D eigenvalue weighted by Crippen LogP contribution is -2.31. The van der Waals surface area contributed by atoms with E-state index in [2.05, 4.69) is 15.3 Å². The molecule has 0 spiro atoms. The van der Waals surface area contributed by atoms with Crippen LogP contribution in [0.25, 0.3) is 11.3 Å². The van der Waals surface area contributed by atoms with Crippen LogP contribution in [0.4, 0.5) is 0 Å². The zero-order chi connectivity index (χ0) is 14.5. The maximum Gasteiger partial charge on any atom is 0.222 e. The second-order valence-electron chi connectivity index (χ2n) is 4.78. The van der Waals surface area contributed by atoms with Crippen molar-refractivity contribution in [2.75, 3.05) is 0 Å². The number of hydrogen-bond acceptors (Lipinski definition) is 5. The molecule has 0 aliphatic carbocycles. The Labute approximate surface area is 122 Å². The van der Waals surface area contributed by atoms with E-state index in [1.54, 1.807) is 12.4 Å². The third kappa shape index (κ3) is 3.85. The van der Waals surface area contributed by atoms with E-state index in [-0.39, 0.29) is 18.0 Å². The predicted molar refractivity (Wildman–Crippen MR) is 80.2 cm³/mol. The van der Waals surface area contributed by atoms with Crippen molar-refractivity contribution < 1.29 is 4.79 Å². The van der Waals surface area contributed by atoms with Crippen LogP contribution in [0.3, 0.4) is 0 Å². The van der Waals surface area contributed by atoms with Gasteiger partial charge in [0.15, 0.2) is 0 Å². The summed E-state index contributed by atoms with van der Waals surface area (Å²) in [6.45, 7) is 3.74. The van der Waals surface area contributed by atoms with Gasteiger partial charge in [-0.3, -0.25) is 9.78 Å². The highest BCUT2D eigenvalue weighted by molar-refractivity contribution is 7.10. The summed E-state index contributed by atoms with van der Waals surface area (Å²) in [5, 5.41) is 5.78. The Morgan fingerprint density at radius 2 is 2.10 bits per heavy atom. The molecule has 0 saturated heterocycles. The zero-order valence-electron chi connectivity index (χ0n) is 11.5. The zero-order valence-corrected chi connectivity index (χ0v) is 12.4. The summed E-state index contributed by atoms with van der Waals surface area (Å²) in [7, 11) is 0. The summed E-state index contributed by atoms with van der Waals surface area (Å²) < 4.78 is 0. The van der Waals surface area contributed by atoms with E-state index in [0.717, 1.165) is 16.3 Å². The summed E-state index contributed by atoms with van der Waals surface area (Å²) in [5.41, 5.74) is 7.54. The molecule has 0 saturated carbocycles. The number of rotatable bonds is 5. The number of aromatic nitrogens is 2. The molecule has 0 bridgehead atoms. The molecule has 0 fully saturated rings. The second kappa shape index (κ2) is 6.58. The van der Waals surface area contributed by atoms with Gasteiger partial charge in [0.2, 0.25) is 5.91 Å². The van der Waals surface area contributed by atoms with E-state index in [9.17, 15) is 4.79 Å². The first-order valence-electron chi connectivity index (χ1n) is 6.47. The van der Waals surface area contributed by atoms with Crippen LogP contribution in [0.5, 0.6) is 0 Å². The van der Waals surface area contributed by atoms with Gasteiger partial charge in [-0.2, -0.15) is 0 Å². The lowest BCUT2D eigenvalue weighted by atomic mass is 10.2. The van der Waals surface area contributed by atoms with Gasteiger partial charge >= 0.3 is 0 Å². The van der Waals surface area contributed by atoms with E-state index < -0.39 is 0 Å². The largest absolute Gasteiger partial charge is 0.347 e.